The minimum atomic E-state index is -4.67. The number of halogens is 3. The Bertz CT molecular complexity index is 387. The number of nitrogens with one attached hydrogen (secondary N) is 1. The van der Waals surface area contributed by atoms with E-state index in [2.05, 4.69) is 0 Å². The fourth-order valence-electron chi connectivity index (χ4n) is 1.14. The molecule has 0 aliphatic heterocycles. The topological polar surface area (TPSA) is 49.3 Å². The molecule has 6 heteroatoms. The summed E-state index contributed by atoms with van der Waals surface area (Å²) in [7, 11) is 1.19. The molecule has 1 aromatic rings. The quantitative estimate of drug-likeness (QED) is 0.756. The summed E-state index contributed by atoms with van der Waals surface area (Å²) < 4.78 is 37.3. The molecule has 0 aromatic heterocycles. The van der Waals surface area contributed by atoms with Gasteiger partial charge in [-0.05, 0) is 12.1 Å². The Kier molecular flexibility index (Phi) is 2.88. The highest BCUT2D eigenvalue weighted by molar-refractivity contribution is 5.98. The number of alkyl halides is 3. The van der Waals surface area contributed by atoms with Crippen LogP contribution < -0.4 is 5.32 Å². The molecule has 2 N–H and O–H groups in total. The van der Waals surface area contributed by atoms with E-state index in [9.17, 15) is 23.1 Å². The molecule has 1 aromatic carbocycles. The fourth-order valence-corrected chi connectivity index (χ4v) is 1.14. The van der Waals surface area contributed by atoms with Crippen LogP contribution in [0.1, 0.15) is 15.9 Å². The molecular weight excluding hydrogens is 211 g/mol. The second kappa shape index (κ2) is 3.80. The van der Waals surface area contributed by atoms with Crippen LogP contribution in [-0.4, -0.2) is 18.1 Å². The molecule has 1 amide bonds. The number of hydrogen-bond donors (Lipinski definition) is 2. The minimum absolute atomic E-state index is 0.691. The maximum atomic E-state index is 12.4. The second-order valence-electron chi connectivity index (χ2n) is 2.78. The first-order valence-corrected chi connectivity index (χ1v) is 3.99. The smallest absolute Gasteiger partial charge is 0.417 e. The van der Waals surface area contributed by atoms with Crippen molar-refractivity contribution in [3.8, 4) is 5.75 Å². The first kappa shape index (κ1) is 11.4. The molecule has 0 aliphatic carbocycles. The van der Waals surface area contributed by atoms with Crippen molar-refractivity contribution < 1.29 is 23.1 Å². The van der Waals surface area contributed by atoms with E-state index in [1.165, 1.54) is 7.05 Å². The second-order valence-corrected chi connectivity index (χ2v) is 2.78. The van der Waals surface area contributed by atoms with Crippen molar-refractivity contribution in [1.29, 1.82) is 0 Å². The third-order valence-electron chi connectivity index (χ3n) is 1.80. The zero-order valence-electron chi connectivity index (χ0n) is 7.72. The van der Waals surface area contributed by atoms with Gasteiger partial charge in [0.25, 0.3) is 5.91 Å². The van der Waals surface area contributed by atoms with E-state index in [0.717, 1.165) is 18.2 Å². The predicted octanol–water partition coefficient (Wildman–Crippen LogP) is 1.77. The molecule has 82 valence electrons. The molecule has 0 radical (unpaired) electrons. The number of phenolic OH excluding ortho intramolecular Hbond substituents is 1. The summed E-state index contributed by atoms with van der Waals surface area (Å²) in [5, 5.41) is 11.2. The molecule has 0 bridgehead atoms. The summed E-state index contributed by atoms with van der Waals surface area (Å²) in [6.07, 6.45) is -4.67. The van der Waals surface area contributed by atoms with Crippen LogP contribution in [0.4, 0.5) is 13.2 Å². The molecule has 15 heavy (non-hydrogen) atoms. The average Bonchev–Trinajstić information content (AvgIpc) is 2.15. The zero-order valence-corrected chi connectivity index (χ0v) is 7.72. The molecule has 0 aliphatic rings. The lowest BCUT2D eigenvalue weighted by atomic mass is 10.1. The van der Waals surface area contributed by atoms with Crippen LogP contribution in [0.2, 0.25) is 0 Å². The summed E-state index contributed by atoms with van der Waals surface area (Å²) in [4.78, 5) is 11.1. The van der Waals surface area contributed by atoms with Gasteiger partial charge in [-0.15, -0.1) is 0 Å². The van der Waals surface area contributed by atoms with Gasteiger partial charge in [0.2, 0.25) is 0 Å². The largest absolute Gasteiger partial charge is 0.507 e. The van der Waals surface area contributed by atoms with Crippen LogP contribution in [0.3, 0.4) is 0 Å². The van der Waals surface area contributed by atoms with E-state index in [1.807, 2.05) is 5.32 Å². The van der Waals surface area contributed by atoms with Crippen molar-refractivity contribution in [2.24, 2.45) is 0 Å². The van der Waals surface area contributed by atoms with Gasteiger partial charge in [-0.25, -0.2) is 0 Å². The van der Waals surface area contributed by atoms with Crippen molar-refractivity contribution in [3.05, 3.63) is 29.3 Å². The van der Waals surface area contributed by atoms with Gasteiger partial charge in [-0.2, -0.15) is 13.2 Å². The molecule has 0 spiro atoms. The molecule has 0 fully saturated rings. The van der Waals surface area contributed by atoms with Gasteiger partial charge < -0.3 is 10.4 Å². The monoisotopic (exact) mass is 219 g/mol. The summed E-state index contributed by atoms with van der Waals surface area (Å²) >= 11 is 0. The van der Waals surface area contributed by atoms with Gasteiger partial charge in [0, 0.05) is 7.05 Å². The molecule has 1 rings (SSSR count). The lowest BCUT2D eigenvalue weighted by Crippen LogP contribution is -2.22. The summed E-state index contributed by atoms with van der Waals surface area (Å²) in [6, 6.07) is 2.80. The van der Waals surface area contributed by atoms with Crippen LogP contribution in [0.5, 0.6) is 5.75 Å². The summed E-state index contributed by atoms with van der Waals surface area (Å²) in [6.45, 7) is 0. The molecule has 0 atom stereocenters. The first-order chi connectivity index (χ1) is 6.88. The number of hydrogen-bond acceptors (Lipinski definition) is 2. The highest BCUT2D eigenvalue weighted by Gasteiger charge is 2.36. The van der Waals surface area contributed by atoms with E-state index in [-0.39, 0.29) is 0 Å². The van der Waals surface area contributed by atoms with Crippen LogP contribution >= 0.6 is 0 Å². The Labute approximate surface area is 83.5 Å². The van der Waals surface area contributed by atoms with Crippen LogP contribution in [0.15, 0.2) is 18.2 Å². The van der Waals surface area contributed by atoms with Crippen molar-refractivity contribution in [3.63, 3.8) is 0 Å². The zero-order chi connectivity index (χ0) is 11.6. The van der Waals surface area contributed by atoms with Crippen molar-refractivity contribution in [2.75, 3.05) is 7.05 Å². The van der Waals surface area contributed by atoms with E-state index >= 15 is 0 Å². The van der Waals surface area contributed by atoms with Crippen molar-refractivity contribution in [2.45, 2.75) is 6.18 Å². The Morgan fingerprint density at radius 3 is 2.47 bits per heavy atom. The van der Waals surface area contributed by atoms with Gasteiger partial charge in [0.15, 0.2) is 0 Å². The number of rotatable bonds is 1. The lowest BCUT2D eigenvalue weighted by molar-refractivity contribution is -0.138. The number of benzene rings is 1. The molecule has 3 nitrogen and oxygen atoms in total. The number of carbonyl (C=O) groups excluding carboxylic acids is 1. The van der Waals surface area contributed by atoms with Gasteiger partial charge in [-0.1, -0.05) is 6.07 Å². The number of phenols is 1. The molecular formula is C9H8F3NO2. The highest BCUT2D eigenvalue weighted by Crippen LogP contribution is 2.35. The highest BCUT2D eigenvalue weighted by atomic mass is 19.4. The molecule has 0 unspecified atom stereocenters. The van der Waals surface area contributed by atoms with Gasteiger partial charge in [0.05, 0.1) is 11.1 Å². The van der Waals surface area contributed by atoms with Gasteiger partial charge >= 0.3 is 6.18 Å². The molecule has 0 saturated carbocycles. The predicted molar refractivity (Wildman–Crippen MR) is 46.5 cm³/mol. The maximum Gasteiger partial charge on any atom is 0.417 e. The van der Waals surface area contributed by atoms with Crippen LogP contribution in [0.25, 0.3) is 0 Å². The third-order valence-corrected chi connectivity index (χ3v) is 1.80. The first-order valence-electron chi connectivity index (χ1n) is 3.99. The number of amides is 1. The molecule has 0 saturated heterocycles. The van der Waals surface area contributed by atoms with Gasteiger partial charge in [0.1, 0.15) is 5.75 Å². The summed E-state index contributed by atoms with van der Waals surface area (Å²) in [5.41, 5.74) is -1.91. The van der Waals surface area contributed by atoms with E-state index in [1.54, 1.807) is 0 Å². The maximum absolute atomic E-state index is 12.4. The lowest BCUT2D eigenvalue weighted by Gasteiger charge is -2.12. The van der Waals surface area contributed by atoms with E-state index in [4.69, 9.17) is 0 Å². The van der Waals surface area contributed by atoms with Crippen molar-refractivity contribution in [1.82, 2.24) is 5.32 Å². The number of aromatic hydroxyl groups is 1. The van der Waals surface area contributed by atoms with Crippen molar-refractivity contribution >= 4 is 5.91 Å². The Morgan fingerprint density at radius 1 is 1.40 bits per heavy atom. The summed E-state index contributed by atoms with van der Waals surface area (Å²) in [5.74, 6) is -1.66. The number of carbonyl (C=O) groups is 1. The van der Waals surface area contributed by atoms with Crippen LogP contribution in [-0.2, 0) is 6.18 Å². The van der Waals surface area contributed by atoms with Crippen LogP contribution in [0, 0.1) is 0 Å². The Hall–Kier alpha value is -1.72. The third kappa shape index (κ3) is 2.20. The minimum Gasteiger partial charge on any atom is -0.507 e. The Morgan fingerprint density at radius 2 is 2.00 bits per heavy atom. The Balaban J connectivity index is 3.40. The standard InChI is InChI=1S/C9H8F3NO2/c1-13-8(15)7-5(9(10,11)12)3-2-4-6(7)14/h2-4,14H,1H3,(H,13,15). The normalized spacial score (nSPS) is 11.2. The van der Waals surface area contributed by atoms with E-state index < -0.39 is 29.0 Å². The molecule has 0 heterocycles. The van der Waals surface area contributed by atoms with Gasteiger partial charge in [-0.3, -0.25) is 4.79 Å². The average molecular weight is 219 g/mol. The SMILES string of the molecule is CNC(=O)c1c(O)cccc1C(F)(F)F. The van der Waals surface area contributed by atoms with E-state index in [0.29, 0.717) is 0 Å². The fraction of sp³-hybridized carbons (Fsp3) is 0.222.